The predicted octanol–water partition coefficient (Wildman–Crippen LogP) is 8.47. The molecule has 4 atom stereocenters. The van der Waals surface area contributed by atoms with Crippen LogP contribution in [-0.4, -0.2) is 130 Å². The van der Waals surface area contributed by atoms with Crippen LogP contribution in [0.3, 0.4) is 0 Å². The van der Waals surface area contributed by atoms with Gasteiger partial charge in [-0.25, -0.2) is 19.6 Å². The number of carboxylic acids is 2. The van der Waals surface area contributed by atoms with Gasteiger partial charge in [-0.05, 0) is 146 Å². The van der Waals surface area contributed by atoms with E-state index in [4.69, 9.17) is 15.2 Å². The highest BCUT2D eigenvalue weighted by atomic mass is 16.4. The number of carboxylic acid groups (broad SMARTS) is 2. The van der Waals surface area contributed by atoms with Crippen molar-refractivity contribution in [2.75, 3.05) is 39.3 Å². The first-order chi connectivity index (χ1) is 31.4. The molecular formula is C53H66N8O5. The van der Waals surface area contributed by atoms with Crippen LogP contribution in [0, 0.1) is 25.7 Å². The van der Waals surface area contributed by atoms with E-state index in [9.17, 15) is 14.4 Å². The van der Waals surface area contributed by atoms with Gasteiger partial charge >= 0.3 is 11.9 Å². The summed E-state index contributed by atoms with van der Waals surface area (Å²) in [5.41, 5.74) is 8.72. The van der Waals surface area contributed by atoms with Crippen molar-refractivity contribution in [2.45, 2.75) is 104 Å². The lowest BCUT2D eigenvalue weighted by Gasteiger charge is -2.28. The quantitative estimate of drug-likeness (QED) is 0.150. The molecule has 13 heteroatoms. The lowest BCUT2D eigenvalue weighted by Crippen LogP contribution is -2.40. The van der Waals surface area contributed by atoms with E-state index in [1.165, 1.54) is 86.9 Å². The van der Waals surface area contributed by atoms with E-state index < -0.39 is 11.9 Å². The Morgan fingerprint density at radius 2 is 1.09 bits per heavy atom. The highest BCUT2D eigenvalue weighted by Crippen LogP contribution is 2.29. The highest BCUT2D eigenvalue weighted by Gasteiger charge is 2.35. The normalized spacial score (nSPS) is 20.8. The summed E-state index contributed by atoms with van der Waals surface area (Å²) in [6.07, 6.45) is 7.74. The Balaban J connectivity index is 0.000000186. The van der Waals surface area contributed by atoms with Crippen LogP contribution in [-0.2, 0) is 16.1 Å². The van der Waals surface area contributed by atoms with Crippen molar-refractivity contribution in [2.24, 2.45) is 0 Å². The zero-order valence-corrected chi connectivity index (χ0v) is 37.9. The molecule has 13 nitrogen and oxygen atoms in total. The molecule has 10 rings (SSSR count). The molecule has 0 bridgehead atoms. The van der Waals surface area contributed by atoms with Gasteiger partial charge in [0, 0.05) is 87.1 Å². The maximum absolute atomic E-state index is 13.1. The van der Waals surface area contributed by atoms with Crippen LogP contribution in [0.15, 0.2) is 97.1 Å². The summed E-state index contributed by atoms with van der Waals surface area (Å²) in [4.78, 5) is 51.3. The van der Waals surface area contributed by atoms with Crippen molar-refractivity contribution in [3.05, 3.63) is 120 Å². The minimum Gasteiger partial charge on any atom is -0.472 e. The molecule has 4 fully saturated rings. The number of hydrogen-bond acceptors (Lipinski definition) is 8. The van der Waals surface area contributed by atoms with E-state index in [1.807, 2.05) is 54.3 Å². The number of imidazole rings is 2. The van der Waals surface area contributed by atoms with Gasteiger partial charge in [-0.2, -0.15) is 0 Å². The molecule has 4 saturated heterocycles. The van der Waals surface area contributed by atoms with Gasteiger partial charge < -0.3 is 15.1 Å². The highest BCUT2D eigenvalue weighted by molar-refractivity contribution is 5.96. The van der Waals surface area contributed by atoms with Crippen molar-refractivity contribution >= 4 is 39.9 Å². The first-order valence-corrected chi connectivity index (χ1v) is 23.0. The third kappa shape index (κ3) is 10.8. The molecule has 6 aromatic rings. The van der Waals surface area contributed by atoms with Gasteiger partial charge in [-0.15, -0.1) is 0 Å². The fourth-order valence-electron chi connectivity index (χ4n) is 10.4. The second kappa shape index (κ2) is 21.3. The SMILES string of the molecule is C.Cc1nc2ccccc2n1-c1ccc(C(=O)N2CC[C@H](N3CCC[C@@H]3C)C2)cc1.Cc1nc2ccccc2n1-c1ccc(CN2CC[C@H](N3CCC[C@@H]3C)C2)cc1.O=C(O)C#CC(=O)O.[HH]. The Bertz CT molecular complexity index is 2690. The first-order valence-electron chi connectivity index (χ1n) is 23.0. The summed E-state index contributed by atoms with van der Waals surface area (Å²) < 4.78 is 4.39. The summed E-state index contributed by atoms with van der Waals surface area (Å²) in [7, 11) is 0. The van der Waals surface area contributed by atoms with Crippen molar-refractivity contribution in [3.63, 3.8) is 0 Å². The van der Waals surface area contributed by atoms with Crippen LogP contribution in [0.4, 0.5) is 0 Å². The zero-order valence-electron chi connectivity index (χ0n) is 37.9. The number of carbonyl (C=O) groups is 3. The van der Waals surface area contributed by atoms with Gasteiger partial charge in [0.25, 0.3) is 5.91 Å². The monoisotopic (exact) mass is 895 g/mol. The molecule has 1 amide bonds. The van der Waals surface area contributed by atoms with E-state index in [0.717, 1.165) is 77.6 Å². The van der Waals surface area contributed by atoms with Gasteiger partial charge in [0.05, 0.1) is 22.1 Å². The smallest absolute Gasteiger partial charge is 0.382 e. The van der Waals surface area contributed by atoms with Gasteiger partial charge in [0.1, 0.15) is 11.6 Å². The number of fused-ring (bicyclic) bond motifs is 2. The largest absolute Gasteiger partial charge is 0.472 e. The number of nitrogens with zero attached hydrogens (tertiary/aromatic N) is 8. The molecule has 0 spiro atoms. The second-order valence-electron chi connectivity index (χ2n) is 17.9. The number of aryl methyl sites for hydroxylation is 2. The molecule has 0 saturated carbocycles. The number of benzene rings is 4. The van der Waals surface area contributed by atoms with Crippen molar-refractivity contribution in [3.8, 4) is 23.2 Å². The summed E-state index contributed by atoms with van der Waals surface area (Å²) in [5, 5.41) is 15.5. The van der Waals surface area contributed by atoms with Gasteiger partial charge in [0.2, 0.25) is 0 Å². The number of amides is 1. The molecule has 2 aromatic heterocycles. The van der Waals surface area contributed by atoms with Crippen molar-refractivity contribution in [1.82, 2.24) is 38.7 Å². The minimum absolute atomic E-state index is 0. The number of aliphatic carboxylic acids is 2. The molecule has 348 valence electrons. The van der Waals surface area contributed by atoms with Gasteiger partial charge in [0.15, 0.2) is 0 Å². The van der Waals surface area contributed by atoms with Crippen LogP contribution in [0.1, 0.15) is 88.8 Å². The Hall–Kier alpha value is -6.33. The van der Waals surface area contributed by atoms with Gasteiger partial charge in [-0.3, -0.25) is 28.6 Å². The van der Waals surface area contributed by atoms with Crippen LogP contribution in [0.25, 0.3) is 33.4 Å². The topological polar surface area (TPSA) is 140 Å². The second-order valence-corrected chi connectivity index (χ2v) is 17.9. The van der Waals surface area contributed by atoms with E-state index in [2.05, 4.69) is 104 Å². The number of likely N-dealkylation sites (tertiary alicyclic amines) is 4. The van der Waals surface area contributed by atoms with E-state index in [-0.39, 0.29) is 14.8 Å². The average molecular weight is 895 g/mol. The fraction of sp³-hybridized carbons (Fsp3) is 0.415. The molecule has 66 heavy (non-hydrogen) atoms. The molecule has 0 radical (unpaired) electrons. The van der Waals surface area contributed by atoms with E-state index in [1.54, 1.807) is 0 Å². The number of carbonyl (C=O) groups excluding carboxylic acids is 1. The van der Waals surface area contributed by atoms with E-state index >= 15 is 0 Å². The summed E-state index contributed by atoms with van der Waals surface area (Å²) in [5.74, 6) is 2.09. The van der Waals surface area contributed by atoms with Crippen LogP contribution >= 0.6 is 0 Å². The Kier molecular flexibility index (Phi) is 15.4. The first kappa shape index (κ1) is 47.6. The maximum Gasteiger partial charge on any atom is 0.382 e. The summed E-state index contributed by atoms with van der Waals surface area (Å²) >= 11 is 0. The maximum atomic E-state index is 13.1. The molecule has 4 aliphatic heterocycles. The van der Waals surface area contributed by atoms with Crippen molar-refractivity contribution in [1.29, 1.82) is 0 Å². The van der Waals surface area contributed by atoms with Crippen LogP contribution in [0.5, 0.6) is 0 Å². The number of rotatable bonds is 7. The molecule has 0 aliphatic carbocycles. The molecule has 4 aliphatic rings. The van der Waals surface area contributed by atoms with E-state index in [0.29, 0.717) is 12.1 Å². The third-order valence-electron chi connectivity index (χ3n) is 13.6. The molecule has 6 heterocycles. The number of para-hydroxylation sites is 4. The Morgan fingerprint density at radius 1 is 0.621 bits per heavy atom. The fourth-order valence-corrected chi connectivity index (χ4v) is 10.4. The van der Waals surface area contributed by atoms with Gasteiger partial charge in [-0.1, -0.05) is 43.8 Å². The Morgan fingerprint density at radius 3 is 1.58 bits per heavy atom. The number of hydrogen-bond donors (Lipinski definition) is 2. The number of aromatic nitrogens is 4. The third-order valence-corrected chi connectivity index (χ3v) is 13.6. The average Bonchev–Trinajstić information content (AvgIpc) is 4.18. The standard InChI is InChI=1S/C24H28N4O.C24H30N4.C4H2O4.CH4.H2/c1-17-6-5-14-27(17)21-13-15-26(16-21)24(29)19-9-11-20(12-10-19)28-18(2)25-22-7-3-4-8-23(22)28;1-18-6-5-14-27(18)22-13-15-26(17-22)16-20-9-11-21(12-10-20)28-19(2)25-23-7-3-4-8-24(23)28;5-3(6)1-2-4(7)8;;/h3-4,7-12,17,21H,5-6,13-16H2,1-2H3;3-4,7-12,18,22H,5-6,13-17H2,1-2H3;(H,5,6)(H,7,8);1H4;1H/t17-,21-;18-,22-;;;/m00.../s1. The molecule has 4 aromatic carbocycles. The predicted molar refractivity (Wildman–Crippen MR) is 262 cm³/mol. The minimum atomic E-state index is -1.44. The summed E-state index contributed by atoms with van der Waals surface area (Å²) in [6, 6.07) is 36.3. The van der Waals surface area contributed by atoms with Crippen LogP contribution < -0.4 is 0 Å². The Labute approximate surface area is 390 Å². The molecule has 2 N–H and O–H groups in total. The molecular weight excluding hydrogens is 829 g/mol. The van der Waals surface area contributed by atoms with Crippen LogP contribution in [0.2, 0.25) is 0 Å². The zero-order chi connectivity index (χ0) is 45.6. The molecule has 0 unspecified atom stereocenters. The lowest BCUT2D eigenvalue weighted by atomic mass is 10.1. The van der Waals surface area contributed by atoms with Crippen molar-refractivity contribution < 1.29 is 26.0 Å². The lowest BCUT2D eigenvalue weighted by molar-refractivity contribution is -0.132. The summed E-state index contributed by atoms with van der Waals surface area (Å²) in [6.45, 7) is 16.5.